The summed E-state index contributed by atoms with van der Waals surface area (Å²) in [6.45, 7) is 13.4. The molecule has 0 aliphatic heterocycles. The van der Waals surface area contributed by atoms with Crippen LogP contribution in [0.3, 0.4) is 0 Å². The molecule has 3 heterocycles. The lowest BCUT2D eigenvalue weighted by molar-refractivity contribution is 0.527. The molecule has 0 radical (unpaired) electrons. The van der Waals surface area contributed by atoms with Crippen LogP contribution in [0, 0.1) is 13.8 Å². The highest BCUT2D eigenvalue weighted by Crippen LogP contribution is 2.22. The van der Waals surface area contributed by atoms with Crippen LogP contribution < -0.4 is 5.32 Å². The molecule has 0 saturated heterocycles. The molecule has 3 aromatic rings. The number of imidazole rings is 1. The average molecular weight is 326 g/mol. The van der Waals surface area contributed by atoms with Crippen molar-refractivity contribution in [2.75, 3.05) is 5.32 Å². The zero-order chi connectivity index (χ0) is 17.4. The van der Waals surface area contributed by atoms with Gasteiger partial charge in [-0.15, -0.1) is 0 Å². The number of nitrogens with zero attached hydrogens (tertiary/aromatic N) is 5. The Labute approximate surface area is 142 Å². The fourth-order valence-electron chi connectivity index (χ4n) is 2.92. The molecule has 0 fully saturated rings. The van der Waals surface area contributed by atoms with Gasteiger partial charge >= 0.3 is 0 Å². The molecule has 3 rings (SSSR count). The first-order valence-electron chi connectivity index (χ1n) is 8.50. The number of aromatic nitrogens is 5. The molecule has 6 nitrogen and oxygen atoms in total. The van der Waals surface area contributed by atoms with Crippen molar-refractivity contribution in [3.63, 3.8) is 0 Å². The second-order valence-corrected chi connectivity index (χ2v) is 6.92. The van der Waals surface area contributed by atoms with Gasteiger partial charge in [-0.1, -0.05) is 13.8 Å². The fourth-order valence-corrected chi connectivity index (χ4v) is 2.92. The molecule has 0 spiro atoms. The Morgan fingerprint density at radius 1 is 1.12 bits per heavy atom. The van der Waals surface area contributed by atoms with Crippen LogP contribution >= 0.6 is 0 Å². The normalized spacial score (nSPS) is 11.8. The van der Waals surface area contributed by atoms with E-state index in [1.165, 1.54) is 0 Å². The second kappa shape index (κ2) is 6.26. The molecule has 24 heavy (non-hydrogen) atoms. The van der Waals surface area contributed by atoms with E-state index in [0.29, 0.717) is 18.5 Å². The van der Waals surface area contributed by atoms with E-state index in [0.717, 1.165) is 34.4 Å². The van der Waals surface area contributed by atoms with Crippen molar-refractivity contribution < 1.29 is 0 Å². The van der Waals surface area contributed by atoms with Gasteiger partial charge in [-0.05, 0) is 39.7 Å². The lowest BCUT2D eigenvalue weighted by atomic mass is 10.1. The van der Waals surface area contributed by atoms with Crippen LogP contribution in [0.1, 0.15) is 62.4 Å². The molecule has 0 aliphatic rings. The van der Waals surface area contributed by atoms with Gasteiger partial charge in [0.2, 0.25) is 5.78 Å². The first kappa shape index (κ1) is 16.5. The highest BCUT2D eigenvalue weighted by atomic mass is 15.3. The molecule has 6 heteroatoms. The molecule has 0 atom stereocenters. The number of anilines is 1. The van der Waals surface area contributed by atoms with Crippen molar-refractivity contribution in [2.24, 2.45) is 0 Å². The lowest BCUT2D eigenvalue weighted by Crippen LogP contribution is -2.11. The maximum Gasteiger partial charge on any atom is 0.234 e. The Hall–Kier alpha value is -2.37. The van der Waals surface area contributed by atoms with E-state index in [4.69, 9.17) is 5.10 Å². The average Bonchev–Trinajstić information content (AvgIpc) is 3.08. The van der Waals surface area contributed by atoms with Crippen LogP contribution in [0.5, 0.6) is 0 Å². The third kappa shape index (κ3) is 3.00. The van der Waals surface area contributed by atoms with Crippen LogP contribution in [0.4, 0.5) is 5.82 Å². The van der Waals surface area contributed by atoms with Crippen molar-refractivity contribution in [3.05, 3.63) is 41.1 Å². The van der Waals surface area contributed by atoms with Gasteiger partial charge in [0.1, 0.15) is 5.82 Å². The summed E-state index contributed by atoms with van der Waals surface area (Å²) < 4.78 is 4.15. The Kier molecular flexibility index (Phi) is 4.30. The van der Waals surface area contributed by atoms with E-state index in [-0.39, 0.29) is 0 Å². The molecule has 3 aromatic heterocycles. The molecule has 1 N–H and O–H groups in total. The molecule has 0 bridgehead atoms. The molecule has 0 unspecified atom stereocenters. The van der Waals surface area contributed by atoms with Crippen LogP contribution in [-0.2, 0) is 6.54 Å². The summed E-state index contributed by atoms with van der Waals surface area (Å²) in [7, 11) is 0. The van der Waals surface area contributed by atoms with Gasteiger partial charge in [-0.25, -0.2) is 14.6 Å². The summed E-state index contributed by atoms with van der Waals surface area (Å²) in [6.07, 6.45) is 1.89. The highest BCUT2D eigenvalue weighted by molar-refractivity contribution is 5.41. The van der Waals surface area contributed by atoms with Gasteiger partial charge in [0.15, 0.2) is 0 Å². The zero-order valence-electron chi connectivity index (χ0n) is 15.3. The van der Waals surface area contributed by atoms with E-state index in [2.05, 4.69) is 66.4 Å². The fraction of sp³-hybridized carbons (Fsp3) is 0.500. The molecule has 0 aliphatic carbocycles. The van der Waals surface area contributed by atoms with E-state index >= 15 is 0 Å². The summed E-state index contributed by atoms with van der Waals surface area (Å²) in [4.78, 5) is 8.92. The minimum Gasteiger partial charge on any atom is -0.365 e. The van der Waals surface area contributed by atoms with E-state index in [1.54, 1.807) is 0 Å². The van der Waals surface area contributed by atoms with Crippen LogP contribution in [0.2, 0.25) is 0 Å². The summed E-state index contributed by atoms with van der Waals surface area (Å²) in [5.74, 6) is 2.21. The van der Waals surface area contributed by atoms with Crippen molar-refractivity contribution >= 4 is 11.6 Å². The van der Waals surface area contributed by atoms with Gasteiger partial charge in [0.05, 0.1) is 24.1 Å². The minimum absolute atomic E-state index is 0.313. The van der Waals surface area contributed by atoms with Crippen molar-refractivity contribution in [1.29, 1.82) is 0 Å². The standard InChI is InChI=1S/C18H26N6/c1-11(2)16-8-17(24(22-16)12(3)4)19-9-15-10-20-18-21-13(5)7-14(6)23(15)18/h7-8,10-12,19H,9H2,1-6H3. The Balaban J connectivity index is 1.89. The smallest absolute Gasteiger partial charge is 0.234 e. The predicted octanol–water partition coefficient (Wildman–Crippen LogP) is 3.86. The largest absolute Gasteiger partial charge is 0.365 e. The summed E-state index contributed by atoms with van der Waals surface area (Å²) >= 11 is 0. The Morgan fingerprint density at radius 3 is 2.54 bits per heavy atom. The maximum atomic E-state index is 4.72. The second-order valence-electron chi connectivity index (χ2n) is 6.92. The van der Waals surface area contributed by atoms with Crippen LogP contribution in [-0.4, -0.2) is 24.1 Å². The number of nitrogens with one attached hydrogen (secondary N) is 1. The third-order valence-electron chi connectivity index (χ3n) is 4.15. The number of rotatable bonds is 5. The molecule has 0 aromatic carbocycles. The molecular weight excluding hydrogens is 300 g/mol. The molecule has 0 amide bonds. The number of hydrogen-bond acceptors (Lipinski definition) is 4. The van der Waals surface area contributed by atoms with Crippen molar-refractivity contribution in [2.45, 2.75) is 60.0 Å². The SMILES string of the molecule is Cc1cc(C)n2c(CNc3cc(C(C)C)nn3C(C)C)cnc2n1. The third-order valence-corrected chi connectivity index (χ3v) is 4.15. The molecular formula is C18H26N6. The van der Waals surface area contributed by atoms with Crippen molar-refractivity contribution in [1.82, 2.24) is 24.1 Å². The monoisotopic (exact) mass is 326 g/mol. The first-order chi connectivity index (χ1) is 11.4. The quantitative estimate of drug-likeness (QED) is 0.773. The van der Waals surface area contributed by atoms with E-state index in [9.17, 15) is 0 Å². The topological polar surface area (TPSA) is 60.0 Å². The number of aryl methyl sites for hydroxylation is 2. The summed E-state index contributed by atoms with van der Waals surface area (Å²) in [6, 6.07) is 4.53. The van der Waals surface area contributed by atoms with E-state index in [1.807, 2.05) is 17.8 Å². The van der Waals surface area contributed by atoms with Gasteiger partial charge < -0.3 is 5.32 Å². The predicted molar refractivity (Wildman–Crippen MR) is 96.5 cm³/mol. The first-order valence-corrected chi connectivity index (χ1v) is 8.50. The van der Waals surface area contributed by atoms with Gasteiger partial charge in [0, 0.05) is 23.5 Å². The lowest BCUT2D eigenvalue weighted by Gasteiger charge is -2.13. The highest BCUT2D eigenvalue weighted by Gasteiger charge is 2.14. The van der Waals surface area contributed by atoms with Gasteiger partial charge in [-0.3, -0.25) is 4.40 Å². The molecule has 128 valence electrons. The maximum absolute atomic E-state index is 4.72. The van der Waals surface area contributed by atoms with Crippen molar-refractivity contribution in [3.8, 4) is 0 Å². The van der Waals surface area contributed by atoms with Crippen LogP contribution in [0.25, 0.3) is 5.78 Å². The Morgan fingerprint density at radius 2 is 1.88 bits per heavy atom. The summed E-state index contributed by atoms with van der Waals surface area (Å²) in [5, 5.41) is 8.24. The zero-order valence-corrected chi connectivity index (χ0v) is 15.3. The summed E-state index contributed by atoms with van der Waals surface area (Å²) in [5.41, 5.74) is 4.34. The van der Waals surface area contributed by atoms with Gasteiger partial charge in [0.25, 0.3) is 0 Å². The number of fused-ring (bicyclic) bond motifs is 1. The van der Waals surface area contributed by atoms with Gasteiger partial charge in [-0.2, -0.15) is 5.10 Å². The van der Waals surface area contributed by atoms with Crippen LogP contribution in [0.15, 0.2) is 18.3 Å². The Bertz CT molecular complexity index is 856. The van der Waals surface area contributed by atoms with E-state index < -0.39 is 0 Å². The molecule has 0 saturated carbocycles. The number of hydrogen-bond donors (Lipinski definition) is 1. The minimum atomic E-state index is 0.313.